The molecule has 1 aromatic rings. The maximum atomic E-state index is 12.8. The van der Waals surface area contributed by atoms with Gasteiger partial charge in [-0.2, -0.15) is 18.3 Å². The number of halogens is 3. The Kier molecular flexibility index (Phi) is 5.13. The summed E-state index contributed by atoms with van der Waals surface area (Å²) >= 11 is 0. The monoisotopic (exact) mass is 317 g/mol. The second kappa shape index (κ2) is 6.71. The molecule has 1 heterocycles. The van der Waals surface area contributed by atoms with E-state index in [0.29, 0.717) is 12.5 Å². The molecule has 1 amide bonds. The third-order valence-electron chi connectivity index (χ3n) is 4.44. The summed E-state index contributed by atoms with van der Waals surface area (Å²) in [5.41, 5.74) is -1.53. The van der Waals surface area contributed by atoms with Gasteiger partial charge in [0.2, 0.25) is 0 Å². The van der Waals surface area contributed by atoms with E-state index in [0.717, 1.165) is 42.5 Å². The van der Waals surface area contributed by atoms with Crippen LogP contribution >= 0.6 is 0 Å². The standard InChI is InChI=1S/C15H22F3N3O/c1-3-10-4-6-11(7-5-10)8-19-14(22)12-9-21(2)20-13(12)15(16,17)18/h9-11H,3-8H2,1-2H3,(H,19,22). The van der Waals surface area contributed by atoms with E-state index in [1.165, 1.54) is 13.5 Å². The smallest absolute Gasteiger partial charge is 0.352 e. The van der Waals surface area contributed by atoms with Gasteiger partial charge in [0, 0.05) is 19.8 Å². The molecular weight excluding hydrogens is 295 g/mol. The number of aromatic nitrogens is 2. The number of nitrogens with zero attached hydrogens (tertiary/aromatic N) is 2. The quantitative estimate of drug-likeness (QED) is 0.925. The molecular formula is C15H22F3N3O. The van der Waals surface area contributed by atoms with Crippen LogP contribution in [-0.2, 0) is 13.2 Å². The molecule has 1 aliphatic carbocycles. The molecule has 0 aliphatic heterocycles. The number of nitrogens with one attached hydrogen (secondary N) is 1. The first-order valence-corrected chi connectivity index (χ1v) is 7.70. The molecule has 0 unspecified atom stereocenters. The lowest BCUT2D eigenvalue weighted by atomic mass is 9.81. The maximum Gasteiger partial charge on any atom is 0.435 e. The van der Waals surface area contributed by atoms with Crippen LogP contribution < -0.4 is 5.32 Å². The van der Waals surface area contributed by atoms with Crippen molar-refractivity contribution in [3.8, 4) is 0 Å². The number of carbonyl (C=O) groups excluding carboxylic acids is 1. The lowest BCUT2D eigenvalue weighted by molar-refractivity contribution is -0.141. The molecule has 124 valence electrons. The van der Waals surface area contributed by atoms with Crippen LogP contribution in [0.3, 0.4) is 0 Å². The molecule has 1 fully saturated rings. The molecule has 1 aliphatic rings. The van der Waals surface area contributed by atoms with Gasteiger partial charge < -0.3 is 5.32 Å². The van der Waals surface area contributed by atoms with Crippen LogP contribution in [0.4, 0.5) is 13.2 Å². The summed E-state index contributed by atoms with van der Waals surface area (Å²) in [6, 6.07) is 0. The third kappa shape index (κ3) is 4.01. The first kappa shape index (κ1) is 16.8. The number of hydrogen-bond donors (Lipinski definition) is 1. The Hall–Kier alpha value is -1.53. The van der Waals surface area contributed by atoms with Gasteiger partial charge in [-0.05, 0) is 24.7 Å². The number of amides is 1. The maximum absolute atomic E-state index is 12.8. The topological polar surface area (TPSA) is 46.9 Å². The van der Waals surface area contributed by atoms with Gasteiger partial charge in [-0.25, -0.2) is 0 Å². The minimum Gasteiger partial charge on any atom is -0.352 e. The molecule has 0 aromatic carbocycles. The molecule has 1 saturated carbocycles. The van der Waals surface area contributed by atoms with Crippen molar-refractivity contribution in [2.75, 3.05) is 6.54 Å². The van der Waals surface area contributed by atoms with Crippen LogP contribution in [0.5, 0.6) is 0 Å². The number of carbonyl (C=O) groups is 1. The minimum absolute atomic E-state index is 0.359. The Morgan fingerprint density at radius 2 is 1.91 bits per heavy atom. The normalized spacial score (nSPS) is 22.6. The second-order valence-electron chi connectivity index (χ2n) is 6.07. The zero-order valence-corrected chi connectivity index (χ0v) is 12.9. The predicted octanol–water partition coefficient (Wildman–Crippen LogP) is 3.39. The molecule has 0 saturated heterocycles. The molecule has 2 rings (SSSR count). The van der Waals surface area contributed by atoms with Crippen LogP contribution in [-0.4, -0.2) is 22.2 Å². The van der Waals surface area contributed by atoms with E-state index in [9.17, 15) is 18.0 Å². The Balaban J connectivity index is 1.93. The Bertz CT molecular complexity index is 517. The molecule has 22 heavy (non-hydrogen) atoms. The average molecular weight is 317 g/mol. The predicted molar refractivity (Wildman–Crippen MR) is 76.3 cm³/mol. The summed E-state index contributed by atoms with van der Waals surface area (Å²) in [7, 11) is 1.37. The van der Waals surface area contributed by atoms with Crippen molar-refractivity contribution in [3.63, 3.8) is 0 Å². The van der Waals surface area contributed by atoms with Gasteiger partial charge in [-0.15, -0.1) is 0 Å². The molecule has 0 atom stereocenters. The van der Waals surface area contributed by atoms with Crippen molar-refractivity contribution in [3.05, 3.63) is 17.5 Å². The fraction of sp³-hybridized carbons (Fsp3) is 0.733. The summed E-state index contributed by atoms with van der Waals surface area (Å²) in [5.74, 6) is 0.415. The van der Waals surface area contributed by atoms with Gasteiger partial charge in [0.1, 0.15) is 0 Å². The van der Waals surface area contributed by atoms with Crippen LogP contribution in [0.15, 0.2) is 6.20 Å². The van der Waals surface area contributed by atoms with Gasteiger partial charge in [-0.3, -0.25) is 9.48 Å². The van der Waals surface area contributed by atoms with E-state index in [4.69, 9.17) is 0 Å². The van der Waals surface area contributed by atoms with Gasteiger partial charge in [0.25, 0.3) is 5.91 Å². The van der Waals surface area contributed by atoms with Crippen LogP contribution in [0.1, 0.15) is 55.1 Å². The molecule has 0 spiro atoms. The van der Waals surface area contributed by atoms with E-state index in [1.807, 2.05) is 0 Å². The first-order valence-electron chi connectivity index (χ1n) is 7.70. The Morgan fingerprint density at radius 3 is 2.45 bits per heavy atom. The van der Waals surface area contributed by atoms with Gasteiger partial charge in [-0.1, -0.05) is 26.2 Å². The molecule has 0 bridgehead atoms. The van der Waals surface area contributed by atoms with Crippen molar-refractivity contribution in [1.29, 1.82) is 0 Å². The van der Waals surface area contributed by atoms with Crippen molar-refractivity contribution >= 4 is 5.91 Å². The van der Waals surface area contributed by atoms with Crippen molar-refractivity contribution < 1.29 is 18.0 Å². The lowest BCUT2D eigenvalue weighted by Crippen LogP contribution is -2.32. The van der Waals surface area contributed by atoms with E-state index in [1.54, 1.807) is 0 Å². The van der Waals surface area contributed by atoms with Crippen LogP contribution in [0, 0.1) is 11.8 Å². The van der Waals surface area contributed by atoms with Crippen LogP contribution in [0.25, 0.3) is 0 Å². The summed E-state index contributed by atoms with van der Waals surface area (Å²) in [5, 5.41) is 5.98. The van der Waals surface area contributed by atoms with Gasteiger partial charge in [0.15, 0.2) is 5.69 Å². The fourth-order valence-corrected chi connectivity index (χ4v) is 3.04. The highest BCUT2D eigenvalue weighted by Crippen LogP contribution is 2.31. The lowest BCUT2D eigenvalue weighted by Gasteiger charge is -2.27. The highest BCUT2D eigenvalue weighted by molar-refractivity contribution is 5.95. The highest BCUT2D eigenvalue weighted by Gasteiger charge is 2.39. The van der Waals surface area contributed by atoms with Crippen molar-refractivity contribution in [1.82, 2.24) is 15.1 Å². The fourth-order valence-electron chi connectivity index (χ4n) is 3.04. The second-order valence-corrected chi connectivity index (χ2v) is 6.07. The van der Waals surface area contributed by atoms with Crippen molar-refractivity contribution in [2.45, 2.75) is 45.2 Å². The molecule has 0 radical (unpaired) electrons. The number of alkyl halides is 3. The summed E-state index contributed by atoms with van der Waals surface area (Å²) in [6.45, 7) is 2.61. The molecule has 7 heteroatoms. The Labute approximate surface area is 128 Å². The molecule has 4 nitrogen and oxygen atoms in total. The van der Waals surface area contributed by atoms with Crippen molar-refractivity contribution in [2.24, 2.45) is 18.9 Å². The molecule has 1 N–H and O–H groups in total. The van der Waals surface area contributed by atoms with Gasteiger partial charge in [0.05, 0.1) is 5.56 Å². The summed E-state index contributed by atoms with van der Waals surface area (Å²) in [6.07, 6.45) is 1.99. The van der Waals surface area contributed by atoms with E-state index in [2.05, 4.69) is 17.3 Å². The van der Waals surface area contributed by atoms with E-state index in [-0.39, 0.29) is 0 Å². The zero-order valence-electron chi connectivity index (χ0n) is 12.9. The van der Waals surface area contributed by atoms with Crippen LogP contribution in [0.2, 0.25) is 0 Å². The first-order chi connectivity index (χ1) is 10.3. The summed E-state index contributed by atoms with van der Waals surface area (Å²) < 4.78 is 39.5. The SMILES string of the molecule is CCC1CCC(CNC(=O)c2cn(C)nc2C(F)(F)F)CC1. The molecule has 1 aromatic heterocycles. The van der Waals surface area contributed by atoms with E-state index < -0.39 is 23.3 Å². The number of aryl methyl sites for hydroxylation is 1. The van der Waals surface area contributed by atoms with E-state index >= 15 is 0 Å². The Morgan fingerprint density at radius 1 is 1.32 bits per heavy atom. The number of rotatable bonds is 4. The highest BCUT2D eigenvalue weighted by atomic mass is 19.4. The largest absolute Gasteiger partial charge is 0.435 e. The zero-order chi connectivity index (χ0) is 16.3. The summed E-state index contributed by atoms with van der Waals surface area (Å²) in [4.78, 5) is 12.0. The third-order valence-corrected chi connectivity index (χ3v) is 4.44. The number of hydrogen-bond acceptors (Lipinski definition) is 2. The average Bonchev–Trinajstić information content (AvgIpc) is 2.87. The van der Waals surface area contributed by atoms with Gasteiger partial charge >= 0.3 is 6.18 Å². The minimum atomic E-state index is -4.62.